The molecule has 0 heterocycles. The number of alkyl halides is 1. The summed E-state index contributed by atoms with van der Waals surface area (Å²) in [5.41, 5.74) is 4.06. The Balaban J connectivity index is 2.30. The lowest BCUT2D eigenvalue weighted by molar-refractivity contribution is -0.117. The molecule has 0 N–H and O–H groups in total. The molecule has 30 heavy (non-hydrogen) atoms. The summed E-state index contributed by atoms with van der Waals surface area (Å²) in [7, 11) is 0. The minimum absolute atomic E-state index is 0.0630. The van der Waals surface area contributed by atoms with Crippen molar-refractivity contribution < 1.29 is 14.4 Å². The lowest BCUT2D eigenvalue weighted by atomic mass is 10.0. The van der Waals surface area contributed by atoms with Gasteiger partial charge in [-0.2, -0.15) is 0 Å². The maximum Gasteiger partial charge on any atom is 0.244 e. The Morgan fingerprint density at radius 3 is 2.43 bits per heavy atom. The number of halogens is 1. The van der Waals surface area contributed by atoms with Gasteiger partial charge in [0.25, 0.3) is 0 Å². The van der Waals surface area contributed by atoms with E-state index in [9.17, 15) is 4.79 Å². The number of oxime groups is 1. The van der Waals surface area contributed by atoms with Crippen LogP contribution in [0.2, 0.25) is 0 Å². The van der Waals surface area contributed by atoms with Gasteiger partial charge in [-0.1, -0.05) is 51.3 Å². The molecule has 5 nitrogen and oxygen atoms in total. The van der Waals surface area contributed by atoms with Crippen molar-refractivity contribution in [3.05, 3.63) is 23.3 Å². The first-order valence-corrected chi connectivity index (χ1v) is 12.0. The van der Waals surface area contributed by atoms with E-state index in [1.165, 1.54) is 12.8 Å². The fourth-order valence-electron chi connectivity index (χ4n) is 3.83. The lowest BCUT2D eigenvalue weighted by Gasteiger charge is -2.27. The molecule has 0 saturated heterocycles. The van der Waals surface area contributed by atoms with E-state index in [0.717, 1.165) is 79.6 Å². The van der Waals surface area contributed by atoms with Crippen LogP contribution in [0.15, 0.2) is 17.3 Å². The third-order valence-electron chi connectivity index (χ3n) is 5.56. The normalized spacial score (nSPS) is 14.2. The van der Waals surface area contributed by atoms with Gasteiger partial charge >= 0.3 is 0 Å². The highest BCUT2D eigenvalue weighted by molar-refractivity contribution is 6.29. The second kappa shape index (κ2) is 13.5. The van der Waals surface area contributed by atoms with E-state index in [1.807, 2.05) is 12.1 Å². The SMILES string of the molecule is CCCCOc1ccc(CC)c(N(CON=C2CCCCCC2)C(=O)CCl)c1CC. The van der Waals surface area contributed by atoms with Gasteiger partial charge in [0.05, 0.1) is 18.0 Å². The van der Waals surface area contributed by atoms with Crippen molar-refractivity contribution >= 4 is 28.9 Å². The fourth-order valence-corrected chi connectivity index (χ4v) is 3.97. The van der Waals surface area contributed by atoms with Crippen LogP contribution in [0.4, 0.5) is 5.69 Å². The Labute approximate surface area is 186 Å². The Bertz CT molecular complexity index is 696. The van der Waals surface area contributed by atoms with Gasteiger partial charge in [0.15, 0.2) is 6.73 Å². The van der Waals surface area contributed by atoms with Gasteiger partial charge in [-0.25, -0.2) is 0 Å². The van der Waals surface area contributed by atoms with E-state index in [-0.39, 0.29) is 18.5 Å². The predicted octanol–water partition coefficient (Wildman–Crippen LogP) is 6.25. The first-order chi connectivity index (χ1) is 14.7. The Hall–Kier alpha value is -1.75. The zero-order chi connectivity index (χ0) is 21.8. The monoisotopic (exact) mass is 436 g/mol. The highest BCUT2D eigenvalue weighted by Crippen LogP contribution is 2.35. The molecule has 168 valence electrons. The van der Waals surface area contributed by atoms with Crippen LogP contribution in [0.5, 0.6) is 5.75 Å². The van der Waals surface area contributed by atoms with Crippen molar-refractivity contribution in [2.75, 3.05) is 24.1 Å². The van der Waals surface area contributed by atoms with Crippen molar-refractivity contribution in [1.82, 2.24) is 0 Å². The number of carbonyl (C=O) groups is 1. The van der Waals surface area contributed by atoms with Gasteiger partial charge in [-0.3, -0.25) is 9.69 Å². The summed E-state index contributed by atoms with van der Waals surface area (Å²) >= 11 is 5.97. The van der Waals surface area contributed by atoms with Gasteiger partial charge in [0.1, 0.15) is 11.6 Å². The molecule has 1 aromatic carbocycles. The highest BCUT2D eigenvalue weighted by atomic mass is 35.5. The summed E-state index contributed by atoms with van der Waals surface area (Å²) in [4.78, 5) is 20.1. The predicted molar refractivity (Wildman–Crippen MR) is 125 cm³/mol. The lowest BCUT2D eigenvalue weighted by Crippen LogP contribution is -2.35. The fraction of sp³-hybridized carbons (Fsp3) is 0.667. The van der Waals surface area contributed by atoms with Gasteiger partial charge in [-0.15, -0.1) is 11.6 Å². The molecule has 2 rings (SSSR count). The van der Waals surface area contributed by atoms with E-state index in [4.69, 9.17) is 21.2 Å². The molecule has 0 aliphatic heterocycles. The number of amides is 1. The molecule has 0 aromatic heterocycles. The zero-order valence-corrected chi connectivity index (χ0v) is 19.6. The average molecular weight is 437 g/mol. The number of aryl methyl sites for hydroxylation is 1. The number of anilines is 1. The molecule has 0 bridgehead atoms. The molecule has 0 spiro atoms. The van der Waals surface area contributed by atoms with Crippen LogP contribution >= 0.6 is 11.6 Å². The van der Waals surface area contributed by atoms with Crippen LogP contribution in [0.1, 0.15) is 83.3 Å². The molecule has 1 amide bonds. The smallest absolute Gasteiger partial charge is 0.244 e. The molecule has 6 heteroatoms. The topological polar surface area (TPSA) is 51.1 Å². The summed E-state index contributed by atoms with van der Waals surface area (Å²) in [6.45, 7) is 7.05. The zero-order valence-electron chi connectivity index (χ0n) is 18.8. The third kappa shape index (κ3) is 6.90. The van der Waals surface area contributed by atoms with Crippen molar-refractivity contribution in [2.45, 2.75) is 85.0 Å². The van der Waals surface area contributed by atoms with Crippen LogP contribution < -0.4 is 9.64 Å². The van der Waals surface area contributed by atoms with E-state index in [1.54, 1.807) is 4.90 Å². The Morgan fingerprint density at radius 1 is 1.10 bits per heavy atom. The van der Waals surface area contributed by atoms with Crippen LogP contribution in [-0.2, 0) is 22.5 Å². The molecule has 0 atom stereocenters. The summed E-state index contributed by atoms with van der Waals surface area (Å²) in [5.74, 6) is 0.543. The molecule has 1 fully saturated rings. The van der Waals surface area contributed by atoms with E-state index in [0.29, 0.717) is 6.61 Å². The second-order valence-electron chi connectivity index (χ2n) is 7.74. The number of benzene rings is 1. The number of rotatable bonds is 11. The number of nitrogens with zero attached hydrogens (tertiary/aromatic N) is 2. The van der Waals surface area contributed by atoms with Gasteiger partial charge in [-0.05, 0) is 56.6 Å². The maximum absolute atomic E-state index is 12.8. The minimum Gasteiger partial charge on any atom is -0.493 e. The maximum atomic E-state index is 12.8. The quantitative estimate of drug-likeness (QED) is 0.135. The summed E-state index contributed by atoms with van der Waals surface area (Å²) in [6.07, 6.45) is 10.4. The Kier molecular flexibility index (Phi) is 11.1. The molecular weight excluding hydrogens is 400 g/mol. The molecule has 1 aromatic rings. The molecule has 0 radical (unpaired) electrons. The number of hydrogen-bond donors (Lipinski definition) is 0. The first kappa shape index (κ1) is 24.5. The Morgan fingerprint density at radius 2 is 1.83 bits per heavy atom. The minimum atomic E-state index is -0.187. The second-order valence-corrected chi connectivity index (χ2v) is 8.01. The van der Waals surface area contributed by atoms with Crippen molar-refractivity contribution in [2.24, 2.45) is 5.16 Å². The van der Waals surface area contributed by atoms with Gasteiger partial charge in [0, 0.05) is 5.56 Å². The third-order valence-corrected chi connectivity index (χ3v) is 5.79. The number of carbonyl (C=O) groups excluding carboxylic acids is 1. The molecular formula is C24H37ClN2O3. The number of ether oxygens (including phenoxy) is 1. The summed E-state index contributed by atoms with van der Waals surface area (Å²) < 4.78 is 6.05. The van der Waals surface area contributed by atoms with Crippen LogP contribution in [0, 0.1) is 0 Å². The van der Waals surface area contributed by atoms with Gasteiger partial charge < -0.3 is 9.57 Å². The van der Waals surface area contributed by atoms with Crippen molar-refractivity contribution in [3.63, 3.8) is 0 Å². The molecule has 1 aliphatic rings. The molecule has 1 saturated carbocycles. The summed E-state index contributed by atoms with van der Waals surface area (Å²) in [6, 6.07) is 4.06. The summed E-state index contributed by atoms with van der Waals surface area (Å²) in [5, 5.41) is 4.37. The average Bonchev–Trinajstić information content (AvgIpc) is 3.05. The molecule has 1 aliphatic carbocycles. The van der Waals surface area contributed by atoms with Crippen molar-refractivity contribution in [1.29, 1.82) is 0 Å². The first-order valence-electron chi connectivity index (χ1n) is 11.5. The standard InChI is InChI=1S/C24H37ClN2O3/c1-4-7-16-29-22-15-14-19(5-2)24(21(22)6-3)27(23(28)17-25)18-30-26-20-12-10-8-9-11-13-20/h14-15H,4-13,16-18H2,1-3H3. The number of hydrogen-bond acceptors (Lipinski definition) is 4. The largest absolute Gasteiger partial charge is 0.493 e. The van der Waals surface area contributed by atoms with Crippen LogP contribution in [0.3, 0.4) is 0 Å². The van der Waals surface area contributed by atoms with Gasteiger partial charge in [0.2, 0.25) is 5.91 Å². The van der Waals surface area contributed by atoms with E-state index >= 15 is 0 Å². The highest BCUT2D eigenvalue weighted by Gasteiger charge is 2.24. The van der Waals surface area contributed by atoms with Crippen LogP contribution in [0.25, 0.3) is 0 Å². The van der Waals surface area contributed by atoms with Crippen LogP contribution in [-0.4, -0.2) is 30.8 Å². The molecule has 0 unspecified atom stereocenters. The number of unbranched alkanes of at least 4 members (excludes halogenated alkanes) is 1. The van der Waals surface area contributed by atoms with E-state index in [2.05, 4.69) is 25.9 Å². The van der Waals surface area contributed by atoms with E-state index < -0.39 is 0 Å². The van der Waals surface area contributed by atoms with Crippen molar-refractivity contribution in [3.8, 4) is 5.75 Å².